The van der Waals surface area contributed by atoms with Gasteiger partial charge in [-0.2, -0.15) is 4.39 Å². The molecule has 0 aliphatic heterocycles. The summed E-state index contributed by atoms with van der Waals surface area (Å²) in [6, 6.07) is 3.10. The van der Waals surface area contributed by atoms with E-state index in [2.05, 4.69) is 10.3 Å². The van der Waals surface area contributed by atoms with E-state index in [0.29, 0.717) is 19.6 Å². The van der Waals surface area contributed by atoms with Gasteiger partial charge in [-0.1, -0.05) is 0 Å². The minimum atomic E-state index is -0.636. The van der Waals surface area contributed by atoms with E-state index in [9.17, 15) is 9.18 Å². The van der Waals surface area contributed by atoms with Crippen molar-refractivity contribution in [2.75, 3.05) is 13.2 Å². The molecule has 5 nitrogen and oxygen atoms in total. The molecule has 0 unspecified atom stereocenters. The van der Waals surface area contributed by atoms with Crippen molar-refractivity contribution in [1.29, 1.82) is 0 Å². The lowest BCUT2D eigenvalue weighted by Crippen LogP contribution is -2.33. The van der Waals surface area contributed by atoms with Crippen LogP contribution in [0.1, 0.15) is 27.2 Å². The van der Waals surface area contributed by atoms with Gasteiger partial charge in [0.1, 0.15) is 5.60 Å². The molecule has 1 amide bonds. The molecule has 0 saturated carbocycles. The summed E-state index contributed by atoms with van der Waals surface area (Å²) in [4.78, 5) is 14.8. The smallest absolute Gasteiger partial charge is 0.407 e. The average Bonchev–Trinajstić information content (AvgIpc) is 2.28. The van der Waals surface area contributed by atoms with E-state index in [-0.39, 0.29) is 5.75 Å². The highest BCUT2D eigenvalue weighted by Crippen LogP contribution is 2.12. The number of hydrogen-bond donors (Lipinski definition) is 1. The van der Waals surface area contributed by atoms with Crippen LogP contribution in [0.15, 0.2) is 18.3 Å². The van der Waals surface area contributed by atoms with Gasteiger partial charge < -0.3 is 14.8 Å². The van der Waals surface area contributed by atoms with Crippen molar-refractivity contribution < 1.29 is 18.7 Å². The molecular formula is C13H19FN2O3. The predicted octanol–water partition coefficient (Wildman–Crippen LogP) is 2.51. The predicted molar refractivity (Wildman–Crippen MR) is 68.5 cm³/mol. The summed E-state index contributed by atoms with van der Waals surface area (Å²) in [7, 11) is 0. The molecule has 1 aromatic rings. The van der Waals surface area contributed by atoms with E-state index < -0.39 is 17.6 Å². The van der Waals surface area contributed by atoms with Crippen LogP contribution in [0.3, 0.4) is 0 Å². The molecule has 0 atom stereocenters. The van der Waals surface area contributed by atoms with Gasteiger partial charge in [-0.3, -0.25) is 0 Å². The third kappa shape index (κ3) is 6.59. The third-order valence-electron chi connectivity index (χ3n) is 1.97. The fourth-order valence-corrected chi connectivity index (χ4v) is 1.24. The van der Waals surface area contributed by atoms with Crippen molar-refractivity contribution in [2.24, 2.45) is 0 Å². The summed E-state index contributed by atoms with van der Waals surface area (Å²) in [5.41, 5.74) is -0.514. The maximum atomic E-state index is 13.1. The van der Waals surface area contributed by atoms with Crippen LogP contribution in [-0.4, -0.2) is 29.8 Å². The van der Waals surface area contributed by atoms with E-state index in [1.165, 1.54) is 12.3 Å². The zero-order valence-corrected chi connectivity index (χ0v) is 11.4. The van der Waals surface area contributed by atoms with E-state index in [1.807, 2.05) is 0 Å². The van der Waals surface area contributed by atoms with Crippen molar-refractivity contribution in [2.45, 2.75) is 32.8 Å². The Balaban J connectivity index is 2.15. The number of ether oxygens (including phenoxy) is 2. The Labute approximate surface area is 112 Å². The molecule has 0 radical (unpaired) electrons. The summed E-state index contributed by atoms with van der Waals surface area (Å²) in [6.07, 6.45) is 1.43. The maximum absolute atomic E-state index is 13.1. The van der Waals surface area contributed by atoms with Gasteiger partial charge in [0.05, 0.1) is 6.61 Å². The van der Waals surface area contributed by atoms with Gasteiger partial charge in [0.2, 0.25) is 0 Å². The molecule has 1 heterocycles. The lowest BCUT2D eigenvalue weighted by molar-refractivity contribution is 0.0525. The van der Waals surface area contributed by atoms with Crippen LogP contribution in [0.2, 0.25) is 0 Å². The summed E-state index contributed by atoms with van der Waals surface area (Å²) < 4.78 is 23.3. The van der Waals surface area contributed by atoms with Crippen molar-refractivity contribution in [3.8, 4) is 5.75 Å². The minimum absolute atomic E-state index is 0.111. The lowest BCUT2D eigenvalue weighted by Gasteiger charge is -2.19. The highest BCUT2D eigenvalue weighted by atomic mass is 18.2. The molecule has 19 heavy (non-hydrogen) atoms. The first kappa shape index (κ1) is 15.2. The number of carbonyl (C=O) groups is 1. The second-order valence-corrected chi connectivity index (χ2v) is 4.92. The molecule has 0 aliphatic rings. The molecule has 1 N–H and O–H groups in total. The number of rotatable bonds is 5. The van der Waals surface area contributed by atoms with E-state index in [4.69, 9.17) is 9.47 Å². The van der Waals surface area contributed by atoms with Crippen LogP contribution >= 0.6 is 0 Å². The lowest BCUT2D eigenvalue weighted by atomic mass is 10.2. The number of aromatic nitrogens is 1. The standard InChI is InChI=1S/C13H19FN2O3/c1-13(2,3)19-12(17)16-8-5-9-18-10-6-4-7-15-11(10)14/h4,6-7H,5,8-9H2,1-3H3,(H,16,17)/i14-1. The van der Waals surface area contributed by atoms with Crippen LogP contribution in [0.4, 0.5) is 9.18 Å². The molecular weight excluding hydrogens is 250 g/mol. The van der Waals surface area contributed by atoms with Crippen LogP contribution in [0, 0.1) is 5.95 Å². The number of amides is 1. The summed E-state index contributed by atoms with van der Waals surface area (Å²) in [5.74, 6) is -0.526. The number of nitrogens with one attached hydrogen (secondary N) is 1. The molecule has 0 saturated heterocycles. The number of carbonyl (C=O) groups excluding carboxylic acids is 1. The molecule has 0 aliphatic carbocycles. The second kappa shape index (κ2) is 6.92. The first-order valence-corrected chi connectivity index (χ1v) is 6.08. The normalized spacial score (nSPS) is 10.9. The van der Waals surface area contributed by atoms with Crippen molar-refractivity contribution >= 4 is 6.09 Å². The third-order valence-corrected chi connectivity index (χ3v) is 1.97. The quantitative estimate of drug-likeness (QED) is 0.659. The molecule has 1 rings (SSSR count). The Kier molecular flexibility index (Phi) is 5.54. The van der Waals surface area contributed by atoms with Crippen LogP contribution in [-0.2, 0) is 4.74 Å². The summed E-state index contributed by atoms with van der Waals surface area (Å²) in [6.45, 7) is 6.07. The van der Waals surface area contributed by atoms with Crippen molar-refractivity contribution in [3.05, 3.63) is 24.3 Å². The summed E-state index contributed by atoms with van der Waals surface area (Å²) in [5, 5.41) is 2.59. The van der Waals surface area contributed by atoms with Gasteiger partial charge in [0.25, 0.3) is 5.95 Å². The Morgan fingerprint density at radius 3 is 2.84 bits per heavy atom. The molecule has 1 aromatic heterocycles. The van der Waals surface area contributed by atoms with Crippen molar-refractivity contribution in [1.82, 2.24) is 10.3 Å². The van der Waals surface area contributed by atoms with Gasteiger partial charge in [-0.25, -0.2) is 9.78 Å². The number of nitrogens with zero attached hydrogens (tertiary/aromatic N) is 1. The SMILES string of the molecule is CC(C)(C)OC(=O)NCCCOc1cccnc1[18F]. The second-order valence-electron chi connectivity index (χ2n) is 4.92. The fourth-order valence-electron chi connectivity index (χ4n) is 1.24. The van der Waals surface area contributed by atoms with Gasteiger partial charge in [0.15, 0.2) is 5.75 Å². The summed E-state index contributed by atoms with van der Waals surface area (Å²) >= 11 is 0. The number of pyridine rings is 1. The van der Waals surface area contributed by atoms with Crippen LogP contribution < -0.4 is 10.1 Å². The maximum Gasteiger partial charge on any atom is 0.407 e. The molecule has 0 fully saturated rings. The topological polar surface area (TPSA) is 60.5 Å². The van der Waals surface area contributed by atoms with E-state index >= 15 is 0 Å². The molecule has 0 aromatic carbocycles. The Morgan fingerprint density at radius 2 is 2.21 bits per heavy atom. The van der Waals surface area contributed by atoms with Gasteiger partial charge >= 0.3 is 6.09 Å². The zero-order valence-electron chi connectivity index (χ0n) is 11.4. The Morgan fingerprint density at radius 1 is 1.47 bits per heavy atom. The fraction of sp³-hybridized carbons (Fsp3) is 0.538. The van der Waals surface area contributed by atoms with Crippen molar-refractivity contribution in [3.63, 3.8) is 0 Å². The average molecular weight is 269 g/mol. The highest BCUT2D eigenvalue weighted by molar-refractivity contribution is 5.67. The van der Waals surface area contributed by atoms with E-state index in [1.54, 1.807) is 26.8 Å². The first-order chi connectivity index (χ1) is 8.88. The number of alkyl carbamates (subject to hydrolysis) is 1. The molecule has 0 bridgehead atoms. The highest BCUT2D eigenvalue weighted by Gasteiger charge is 2.15. The minimum Gasteiger partial charge on any atom is -0.489 e. The Bertz CT molecular complexity index is 419. The molecule has 6 heteroatoms. The van der Waals surface area contributed by atoms with Gasteiger partial charge in [-0.05, 0) is 39.3 Å². The largest absolute Gasteiger partial charge is 0.489 e. The van der Waals surface area contributed by atoms with E-state index in [0.717, 1.165) is 0 Å². The zero-order chi connectivity index (χ0) is 14.3. The monoisotopic (exact) mass is 269 g/mol. The Hall–Kier alpha value is -1.85. The number of hydrogen-bond acceptors (Lipinski definition) is 4. The number of halogens is 1. The molecule has 106 valence electrons. The van der Waals surface area contributed by atoms with Crippen LogP contribution in [0.25, 0.3) is 0 Å². The molecule has 0 spiro atoms. The van der Waals surface area contributed by atoms with Gasteiger partial charge in [-0.15, -0.1) is 0 Å². The first-order valence-electron chi connectivity index (χ1n) is 6.08. The van der Waals surface area contributed by atoms with Crippen LogP contribution in [0.5, 0.6) is 5.75 Å². The van der Waals surface area contributed by atoms with Gasteiger partial charge in [0, 0.05) is 12.7 Å².